The van der Waals surface area contributed by atoms with Crippen molar-refractivity contribution < 1.29 is 14.3 Å². The maximum absolute atomic E-state index is 13.6. The summed E-state index contributed by atoms with van der Waals surface area (Å²) in [4.78, 5) is 31.7. The summed E-state index contributed by atoms with van der Waals surface area (Å²) >= 11 is 3.55. The van der Waals surface area contributed by atoms with Crippen LogP contribution in [-0.4, -0.2) is 23.8 Å². The van der Waals surface area contributed by atoms with Crippen LogP contribution in [-0.2, 0) is 9.53 Å². The maximum Gasteiger partial charge on any atom is 0.338 e. The zero-order valence-electron chi connectivity index (χ0n) is 18.8. The Morgan fingerprint density at radius 1 is 1.21 bits per heavy atom. The number of hydrogen-bond donors (Lipinski definition) is 0. The number of benzene rings is 2. The van der Waals surface area contributed by atoms with E-state index in [1.807, 2.05) is 54.6 Å². The number of ether oxygens (including phenoxy) is 2. The second-order valence-corrected chi connectivity index (χ2v) is 9.78. The van der Waals surface area contributed by atoms with Gasteiger partial charge in [0.15, 0.2) is 4.80 Å². The van der Waals surface area contributed by atoms with E-state index >= 15 is 0 Å². The Morgan fingerprint density at radius 3 is 2.56 bits per heavy atom. The molecule has 8 heteroatoms. The SMILES string of the molecule is C=CCOc1ccc([C@H]2C(C(=O)OCC)=C(C)N=c3s/c(=C\c4ccc(I)cc4)c(=O)n32)cc1. The van der Waals surface area contributed by atoms with Crippen molar-refractivity contribution in [1.29, 1.82) is 0 Å². The first-order valence-corrected chi connectivity index (χ1v) is 12.6. The summed E-state index contributed by atoms with van der Waals surface area (Å²) in [5.41, 5.74) is 2.39. The lowest BCUT2D eigenvalue weighted by molar-refractivity contribution is -0.139. The van der Waals surface area contributed by atoms with Gasteiger partial charge in [-0.25, -0.2) is 9.79 Å². The summed E-state index contributed by atoms with van der Waals surface area (Å²) < 4.78 is 14.2. The van der Waals surface area contributed by atoms with Crippen LogP contribution in [0.2, 0.25) is 0 Å². The minimum absolute atomic E-state index is 0.200. The van der Waals surface area contributed by atoms with E-state index in [4.69, 9.17) is 9.47 Å². The van der Waals surface area contributed by atoms with Crippen LogP contribution in [0.4, 0.5) is 0 Å². The Kier molecular flexibility index (Phi) is 7.47. The fourth-order valence-corrected chi connectivity index (χ4v) is 5.12. The van der Waals surface area contributed by atoms with E-state index in [1.165, 1.54) is 11.3 Å². The van der Waals surface area contributed by atoms with Gasteiger partial charge in [-0.3, -0.25) is 9.36 Å². The molecule has 3 aromatic rings. The number of thiazole rings is 1. The lowest BCUT2D eigenvalue weighted by atomic mass is 9.96. The van der Waals surface area contributed by atoms with E-state index in [-0.39, 0.29) is 12.2 Å². The zero-order chi connectivity index (χ0) is 24.2. The molecule has 0 amide bonds. The third-order valence-corrected chi connectivity index (χ3v) is 6.95. The predicted molar refractivity (Wildman–Crippen MR) is 142 cm³/mol. The van der Waals surface area contributed by atoms with Gasteiger partial charge in [-0.15, -0.1) is 0 Å². The highest BCUT2D eigenvalue weighted by molar-refractivity contribution is 14.1. The maximum atomic E-state index is 13.6. The lowest BCUT2D eigenvalue weighted by Gasteiger charge is -2.24. The fraction of sp³-hybridized carbons (Fsp3) is 0.192. The average Bonchev–Trinajstić information content (AvgIpc) is 3.13. The summed E-state index contributed by atoms with van der Waals surface area (Å²) in [5.74, 6) is 0.195. The standard InChI is InChI=1S/C26H23IN2O4S/c1-4-14-33-20-12-8-18(9-13-20)23-22(25(31)32-5-2)16(3)28-26-29(23)24(30)21(34-26)15-17-6-10-19(27)11-7-17/h4,6-13,15,23H,1,5,14H2,2-3H3/b21-15-/t23-/m0/s1. The van der Waals surface area contributed by atoms with Crippen LogP contribution in [0.5, 0.6) is 5.75 Å². The molecule has 0 bridgehead atoms. The number of esters is 1. The molecule has 6 nitrogen and oxygen atoms in total. The number of allylic oxidation sites excluding steroid dienone is 1. The summed E-state index contributed by atoms with van der Waals surface area (Å²) in [6, 6.07) is 14.6. The van der Waals surface area contributed by atoms with Gasteiger partial charge in [0.25, 0.3) is 5.56 Å². The third kappa shape index (κ3) is 4.92. The highest BCUT2D eigenvalue weighted by Gasteiger charge is 2.33. The van der Waals surface area contributed by atoms with E-state index in [1.54, 1.807) is 24.5 Å². The molecule has 1 aliphatic rings. The lowest BCUT2D eigenvalue weighted by Crippen LogP contribution is -2.39. The van der Waals surface area contributed by atoms with Crippen molar-refractivity contribution in [1.82, 2.24) is 4.57 Å². The first-order valence-electron chi connectivity index (χ1n) is 10.7. The Labute approximate surface area is 214 Å². The largest absolute Gasteiger partial charge is 0.490 e. The number of fused-ring (bicyclic) bond motifs is 1. The molecule has 2 aromatic carbocycles. The highest BCUT2D eigenvalue weighted by Crippen LogP contribution is 2.31. The molecule has 1 atom stereocenters. The normalized spacial score (nSPS) is 15.5. The quantitative estimate of drug-likeness (QED) is 0.239. The van der Waals surface area contributed by atoms with Gasteiger partial charge in [-0.1, -0.05) is 48.3 Å². The number of nitrogens with zero attached hydrogens (tertiary/aromatic N) is 2. The number of carbonyl (C=O) groups is 1. The minimum Gasteiger partial charge on any atom is -0.490 e. The van der Waals surface area contributed by atoms with Crippen molar-refractivity contribution in [2.75, 3.05) is 13.2 Å². The summed E-state index contributed by atoms with van der Waals surface area (Å²) in [6.07, 6.45) is 3.52. The smallest absolute Gasteiger partial charge is 0.338 e. The molecule has 0 radical (unpaired) electrons. The molecule has 174 valence electrons. The predicted octanol–water partition coefficient (Wildman–Crippen LogP) is 3.97. The van der Waals surface area contributed by atoms with E-state index in [0.717, 1.165) is 14.7 Å². The zero-order valence-corrected chi connectivity index (χ0v) is 21.8. The van der Waals surface area contributed by atoms with Gasteiger partial charge >= 0.3 is 5.97 Å². The van der Waals surface area contributed by atoms with Gasteiger partial charge in [-0.05, 0) is 77.9 Å². The topological polar surface area (TPSA) is 69.9 Å². The van der Waals surface area contributed by atoms with Crippen molar-refractivity contribution in [2.24, 2.45) is 4.99 Å². The molecule has 0 spiro atoms. The average molecular weight is 586 g/mol. The molecular formula is C26H23IN2O4S. The monoisotopic (exact) mass is 586 g/mol. The van der Waals surface area contributed by atoms with Crippen molar-refractivity contribution in [3.05, 3.63) is 107 Å². The van der Waals surface area contributed by atoms with E-state index in [2.05, 4.69) is 34.2 Å². The van der Waals surface area contributed by atoms with Crippen LogP contribution in [0.3, 0.4) is 0 Å². The molecule has 34 heavy (non-hydrogen) atoms. The van der Waals surface area contributed by atoms with Gasteiger partial charge in [0.2, 0.25) is 0 Å². The molecule has 0 fully saturated rings. The summed E-state index contributed by atoms with van der Waals surface area (Å²) in [5, 5.41) is 0. The summed E-state index contributed by atoms with van der Waals surface area (Å²) in [6.45, 7) is 7.81. The second-order valence-electron chi connectivity index (χ2n) is 7.52. The molecule has 2 heterocycles. The van der Waals surface area contributed by atoms with Gasteiger partial charge in [0, 0.05) is 3.57 Å². The Bertz CT molecular complexity index is 1430. The van der Waals surface area contributed by atoms with Crippen LogP contribution in [0, 0.1) is 3.57 Å². The molecule has 1 aliphatic heterocycles. The van der Waals surface area contributed by atoms with E-state index in [9.17, 15) is 9.59 Å². The number of carbonyl (C=O) groups excluding carboxylic acids is 1. The number of rotatable bonds is 7. The van der Waals surface area contributed by atoms with Gasteiger partial charge < -0.3 is 9.47 Å². The Balaban J connectivity index is 1.88. The molecular weight excluding hydrogens is 563 g/mol. The van der Waals surface area contributed by atoms with Crippen LogP contribution in [0.15, 0.2) is 82.2 Å². The molecule has 1 aromatic heterocycles. The molecule has 0 saturated carbocycles. The molecule has 0 N–H and O–H groups in total. The van der Waals surface area contributed by atoms with Gasteiger partial charge in [0.05, 0.1) is 28.5 Å². The van der Waals surface area contributed by atoms with Crippen molar-refractivity contribution in [3.63, 3.8) is 0 Å². The number of halogens is 1. The molecule has 0 saturated heterocycles. The van der Waals surface area contributed by atoms with Crippen molar-refractivity contribution in [3.8, 4) is 5.75 Å². The Hall–Kier alpha value is -2.98. The molecule has 0 aliphatic carbocycles. The van der Waals surface area contributed by atoms with Crippen molar-refractivity contribution in [2.45, 2.75) is 19.9 Å². The third-order valence-electron chi connectivity index (χ3n) is 5.25. The van der Waals surface area contributed by atoms with Gasteiger partial charge in [-0.2, -0.15) is 0 Å². The molecule has 0 unspecified atom stereocenters. The number of aromatic nitrogens is 1. The second kappa shape index (κ2) is 10.5. The van der Waals surface area contributed by atoms with E-state index in [0.29, 0.717) is 33.0 Å². The molecule has 4 rings (SSSR count). The van der Waals surface area contributed by atoms with E-state index < -0.39 is 12.0 Å². The van der Waals surface area contributed by atoms with Crippen molar-refractivity contribution >= 4 is 46.0 Å². The van der Waals surface area contributed by atoms with Crippen LogP contribution in [0.25, 0.3) is 6.08 Å². The highest BCUT2D eigenvalue weighted by atomic mass is 127. The minimum atomic E-state index is -0.650. The van der Waals surface area contributed by atoms with Crippen LogP contribution in [0.1, 0.15) is 31.0 Å². The first kappa shape index (κ1) is 24.2. The number of hydrogen-bond acceptors (Lipinski definition) is 6. The van der Waals surface area contributed by atoms with Gasteiger partial charge in [0.1, 0.15) is 12.4 Å². The van der Waals surface area contributed by atoms with Crippen LogP contribution >= 0.6 is 33.9 Å². The first-order chi connectivity index (χ1) is 16.4. The summed E-state index contributed by atoms with van der Waals surface area (Å²) in [7, 11) is 0. The Morgan fingerprint density at radius 2 is 1.91 bits per heavy atom. The fourth-order valence-electron chi connectivity index (χ4n) is 3.72. The van der Waals surface area contributed by atoms with Crippen LogP contribution < -0.4 is 19.6 Å².